The second-order valence-electron chi connectivity index (χ2n) is 7.21. The lowest BCUT2D eigenvalue weighted by Gasteiger charge is -2.28. The highest BCUT2D eigenvalue weighted by molar-refractivity contribution is 5.74. The maximum atomic E-state index is 12.9. The third kappa shape index (κ3) is 4.11. The van der Waals surface area contributed by atoms with Gasteiger partial charge in [0.1, 0.15) is 17.2 Å². The zero-order chi connectivity index (χ0) is 19.3. The van der Waals surface area contributed by atoms with Crippen molar-refractivity contribution in [1.82, 2.24) is 15.4 Å². The Hall–Kier alpha value is -3.02. The summed E-state index contributed by atoms with van der Waals surface area (Å²) in [6.07, 6.45) is 4.15. The van der Waals surface area contributed by atoms with Crippen LogP contribution in [0.25, 0.3) is 11.3 Å². The topological polar surface area (TPSA) is 71.5 Å². The van der Waals surface area contributed by atoms with Crippen LogP contribution in [0.3, 0.4) is 0 Å². The first-order valence-electron chi connectivity index (χ1n) is 9.82. The van der Waals surface area contributed by atoms with E-state index in [0.717, 1.165) is 49.3 Å². The minimum absolute atomic E-state index is 0.0200. The first-order valence-corrected chi connectivity index (χ1v) is 9.82. The van der Waals surface area contributed by atoms with Gasteiger partial charge in [-0.3, -0.25) is 0 Å². The molecular weight excluding hydrogens is 354 g/mol. The molecule has 28 heavy (non-hydrogen) atoms. The minimum atomic E-state index is -0.0924. The summed E-state index contributed by atoms with van der Waals surface area (Å²) in [6.45, 7) is 2.99. The fourth-order valence-corrected chi connectivity index (χ4v) is 3.68. The number of aryl methyl sites for hydroxylation is 1. The molecule has 0 bridgehead atoms. The summed E-state index contributed by atoms with van der Waals surface area (Å²) in [5.41, 5.74) is 1.67. The van der Waals surface area contributed by atoms with Gasteiger partial charge >= 0.3 is 6.03 Å². The summed E-state index contributed by atoms with van der Waals surface area (Å²) >= 11 is 0. The normalized spacial score (nSPS) is 17.3. The molecule has 0 radical (unpaired) electrons. The molecule has 0 spiro atoms. The van der Waals surface area contributed by atoms with Crippen molar-refractivity contribution in [2.45, 2.75) is 45.2 Å². The number of nitrogens with zero attached hydrogens (tertiary/aromatic N) is 2. The number of furan rings is 1. The Bertz CT molecular complexity index is 916. The third-order valence-corrected chi connectivity index (χ3v) is 5.14. The molecule has 1 aliphatic rings. The van der Waals surface area contributed by atoms with Crippen LogP contribution in [-0.2, 0) is 6.54 Å². The van der Waals surface area contributed by atoms with E-state index in [1.54, 1.807) is 0 Å². The highest BCUT2D eigenvalue weighted by Crippen LogP contribution is 2.31. The van der Waals surface area contributed by atoms with Crippen molar-refractivity contribution in [2.75, 3.05) is 6.54 Å². The summed E-state index contributed by atoms with van der Waals surface area (Å²) in [5.74, 6) is 2.43. The van der Waals surface area contributed by atoms with Crippen molar-refractivity contribution in [2.24, 2.45) is 0 Å². The number of benzene rings is 1. The van der Waals surface area contributed by atoms with Crippen molar-refractivity contribution in [3.8, 4) is 11.3 Å². The molecule has 2 aromatic heterocycles. The maximum absolute atomic E-state index is 12.9. The Morgan fingerprint density at radius 1 is 1.18 bits per heavy atom. The molecule has 0 aliphatic carbocycles. The molecular formula is C22H25N3O3. The average Bonchev–Trinajstić information content (AvgIpc) is 3.29. The molecule has 6 nitrogen and oxygen atoms in total. The predicted molar refractivity (Wildman–Crippen MR) is 106 cm³/mol. The Labute approximate surface area is 164 Å². The van der Waals surface area contributed by atoms with Crippen LogP contribution < -0.4 is 5.32 Å². The number of likely N-dealkylation sites (tertiary alicyclic amines) is 1. The van der Waals surface area contributed by atoms with Gasteiger partial charge in [0.15, 0.2) is 5.76 Å². The van der Waals surface area contributed by atoms with Gasteiger partial charge in [-0.2, -0.15) is 0 Å². The molecule has 4 rings (SSSR count). The van der Waals surface area contributed by atoms with Gasteiger partial charge in [-0.25, -0.2) is 4.79 Å². The van der Waals surface area contributed by atoms with E-state index in [4.69, 9.17) is 8.94 Å². The summed E-state index contributed by atoms with van der Waals surface area (Å²) in [5, 5.41) is 7.07. The van der Waals surface area contributed by atoms with Gasteiger partial charge in [-0.15, -0.1) is 0 Å². The van der Waals surface area contributed by atoms with Crippen LogP contribution >= 0.6 is 0 Å². The Morgan fingerprint density at radius 3 is 2.82 bits per heavy atom. The number of nitrogens with one attached hydrogen (secondary N) is 1. The van der Waals surface area contributed by atoms with Crippen molar-refractivity contribution < 1.29 is 13.7 Å². The van der Waals surface area contributed by atoms with Gasteiger partial charge in [-0.1, -0.05) is 48.3 Å². The molecule has 1 N–H and O–H groups in total. The molecule has 146 valence electrons. The molecule has 6 heteroatoms. The number of hydrogen-bond acceptors (Lipinski definition) is 4. The fourth-order valence-electron chi connectivity index (χ4n) is 3.68. The van der Waals surface area contributed by atoms with E-state index in [1.807, 2.05) is 60.4 Å². The first kappa shape index (κ1) is 18.3. The van der Waals surface area contributed by atoms with Crippen molar-refractivity contribution in [3.05, 3.63) is 65.7 Å². The maximum Gasteiger partial charge on any atom is 0.318 e. The standard InChI is InChI=1S/C22H25N3O3/c1-16-11-12-20(27-16)19-10-6-3-7-13-25(19)22(26)23-15-18-14-21(28-24-18)17-8-4-2-5-9-17/h2,4-5,8-9,11-12,14,19H,3,6-7,10,13,15H2,1H3,(H,23,26). The number of amides is 2. The molecule has 1 unspecified atom stereocenters. The van der Waals surface area contributed by atoms with E-state index in [-0.39, 0.29) is 12.1 Å². The first-order chi connectivity index (χ1) is 13.7. The zero-order valence-electron chi connectivity index (χ0n) is 16.1. The fraction of sp³-hybridized carbons (Fsp3) is 0.364. The number of aromatic nitrogens is 1. The lowest BCUT2D eigenvalue weighted by atomic mass is 10.1. The Kier molecular flexibility index (Phi) is 5.46. The Balaban J connectivity index is 1.42. The lowest BCUT2D eigenvalue weighted by molar-refractivity contribution is 0.165. The largest absolute Gasteiger partial charge is 0.464 e. The van der Waals surface area contributed by atoms with Crippen LogP contribution in [0.4, 0.5) is 4.79 Å². The molecule has 1 fully saturated rings. The predicted octanol–water partition coefficient (Wildman–Crippen LogP) is 5.07. The summed E-state index contributed by atoms with van der Waals surface area (Å²) in [6, 6.07) is 15.5. The van der Waals surface area contributed by atoms with Crippen LogP contribution in [0.5, 0.6) is 0 Å². The van der Waals surface area contributed by atoms with E-state index in [1.165, 1.54) is 0 Å². The van der Waals surface area contributed by atoms with Crippen molar-refractivity contribution >= 4 is 6.03 Å². The van der Waals surface area contributed by atoms with Gasteiger partial charge in [-0.05, 0) is 31.9 Å². The highest BCUT2D eigenvalue weighted by Gasteiger charge is 2.29. The van der Waals surface area contributed by atoms with Gasteiger partial charge in [0.05, 0.1) is 12.6 Å². The number of hydrogen-bond donors (Lipinski definition) is 1. The van der Waals surface area contributed by atoms with E-state index < -0.39 is 0 Å². The van der Waals surface area contributed by atoms with Crippen LogP contribution in [-0.4, -0.2) is 22.6 Å². The van der Waals surface area contributed by atoms with Crippen molar-refractivity contribution in [3.63, 3.8) is 0 Å². The summed E-state index contributed by atoms with van der Waals surface area (Å²) < 4.78 is 11.2. The monoisotopic (exact) mass is 379 g/mol. The second kappa shape index (κ2) is 8.33. The van der Waals surface area contributed by atoms with Gasteiger partial charge in [0.2, 0.25) is 0 Å². The quantitative estimate of drug-likeness (QED) is 0.687. The number of rotatable bonds is 4. The number of carbonyl (C=O) groups is 1. The van der Waals surface area contributed by atoms with Crippen LogP contribution in [0.2, 0.25) is 0 Å². The Morgan fingerprint density at radius 2 is 2.04 bits per heavy atom. The van der Waals surface area contributed by atoms with Crippen LogP contribution in [0, 0.1) is 6.92 Å². The smallest absolute Gasteiger partial charge is 0.318 e. The zero-order valence-corrected chi connectivity index (χ0v) is 16.1. The van der Waals surface area contributed by atoms with Gasteiger partial charge in [0, 0.05) is 18.2 Å². The van der Waals surface area contributed by atoms with E-state index in [9.17, 15) is 4.79 Å². The summed E-state index contributed by atoms with van der Waals surface area (Å²) in [7, 11) is 0. The second-order valence-corrected chi connectivity index (χ2v) is 7.21. The lowest BCUT2D eigenvalue weighted by Crippen LogP contribution is -2.41. The minimum Gasteiger partial charge on any atom is -0.464 e. The SMILES string of the molecule is Cc1ccc(C2CCCCCN2C(=O)NCc2cc(-c3ccccc3)on2)o1. The summed E-state index contributed by atoms with van der Waals surface area (Å²) in [4.78, 5) is 14.8. The average molecular weight is 379 g/mol. The van der Waals surface area contributed by atoms with E-state index in [0.29, 0.717) is 18.0 Å². The molecule has 2 amide bonds. The molecule has 1 aromatic carbocycles. The van der Waals surface area contributed by atoms with Gasteiger partial charge in [0.25, 0.3) is 0 Å². The highest BCUT2D eigenvalue weighted by atomic mass is 16.5. The molecule has 1 atom stereocenters. The van der Waals surface area contributed by atoms with Crippen LogP contribution in [0.1, 0.15) is 48.9 Å². The molecule has 0 saturated carbocycles. The van der Waals surface area contributed by atoms with Crippen molar-refractivity contribution in [1.29, 1.82) is 0 Å². The molecule has 1 aliphatic heterocycles. The van der Waals surface area contributed by atoms with E-state index >= 15 is 0 Å². The van der Waals surface area contributed by atoms with Crippen LogP contribution in [0.15, 0.2) is 57.5 Å². The molecule has 1 saturated heterocycles. The number of carbonyl (C=O) groups excluding carboxylic acids is 1. The van der Waals surface area contributed by atoms with E-state index in [2.05, 4.69) is 10.5 Å². The van der Waals surface area contributed by atoms with Gasteiger partial charge < -0.3 is 19.2 Å². The molecule has 3 aromatic rings. The third-order valence-electron chi connectivity index (χ3n) is 5.14. The number of urea groups is 1. The molecule has 3 heterocycles.